The maximum absolute atomic E-state index is 12.0. The molecule has 130 valence electrons. The summed E-state index contributed by atoms with van der Waals surface area (Å²) >= 11 is 2.97. The molecule has 1 N–H and O–H groups in total. The number of fused-ring (bicyclic) bond motifs is 1. The van der Waals surface area contributed by atoms with Crippen molar-refractivity contribution in [2.24, 2.45) is 0 Å². The molecule has 0 spiro atoms. The van der Waals surface area contributed by atoms with E-state index in [9.17, 15) is 4.79 Å². The molecule has 4 aromatic heterocycles. The molecule has 6 nitrogen and oxygen atoms in total. The molecule has 0 radical (unpaired) electrons. The van der Waals surface area contributed by atoms with Gasteiger partial charge in [0.05, 0.1) is 28.9 Å². The Bertz CT molecular complexity index is 1010. The molecular formula is C18H14N4O2S2. The second-order valence-electron chi connectivity index (χ2n) is 5.38. The van der Waals surface area contributed by atoms with Crippen LogP contribution in [0, 0.1) is 0 Å². The Morgan fingerprint density at radius 1 is 1.08 bits per heavy atom. The number of ether oxygens (including phenoxy) is 1. The summed E-state index contributed by atoms with van der Waals surface area (Å²) in [6, 6.07) is 9.31. The first kappa shape index (κ1) is 16.6. The highest BCUT2D eigenvalue weighted by Gasteiger charge is 2.08. The highest BCUT2D eigenvalue weighted by Crippen LogP contribution is 2.26. The van der Waals surface area contributed by atoms with Gasteiger partial charge in [-0.3, -0.25) is 9.78 Å². The lowest BCUT2D eigenvalue weighted by Crippen LogP contribution is -2.10. The standard InChI is InChI=1S/C18H14N4O2S2/c23-17(15-2-1-8-25-15)22-13-4-3-12(19-10-13)5-7-24-18-16-14(6-9-26-16)20-11-21-18/h1-4,6,8-11H,5,7H2,(H,22,23). The van der Waals surface area contributed by atoms with Crippen LogP contribution >= 0.6 is 22.7 Å². The number of pyridine rings is 1. The fraction of sp³-hybridized carbons (Fsp3) is 0.111. The van der Waals surface area contributed by atoms with Crippen molar-refractivity contribution in [3.8, 4) is 5.88 Å². The third kappa shape index (κ3) is 3.71. The molecule has 0 unspecified atom stereocenters. The Hall–Kier alpha value is -2.84. The first-order chi connectivity index (χ1) is 12.8. The van der Waals surface area contributed by atoms with Crippen LogP contribution < -0.4 is 10.1 Å². The maximum atomic E-state index is 12.0. The third-order valence-corrected chi connectivity index (χ3v) is 5.40. The zero-order valence-electron chi connectivity index (χ0n) is 13.6. The van der Waals surface area contributed by atoms with Gasteiger partial charge in [-0.05, 0) is 35.0 Å². The molecule has 0 aliphatic rings. The van der Waals surface area contributed by atoms with E-state index in [1.807, 2.05) is 35.0 Å². The predicted octanol–water partition coefficient (Wildman–Crippen LogP) is 4.02. The van der Waals surface area contributed by atoms with E-state index in [1.165, 1.54) is 17.7 Å². The number of nitrogens with zero attached hydrogens (tertiary/aromatic N) is 3. The van der Waals surface area contributed by atoms with Crippen LogP contribution in [0.2, 0.25) is 0 Å². The van der Waals surface area contributed by atoms with Crippen molar-refractivity contribution in [1.29, 1.82) is 0 Å². The SMILES string of the molecule is O=C(Nc1ccc(CCOc2ncnc3ccsc23)nc1)c1cccs1. The molecule has 1 amide bonds. The molecule has 4 heterocycles. The Morgan fingerprint density at radius 3 is 2.85 bits per heavy atom. The highest BCUT2D eigenvalue weighted by molar-refractivity contribution is 7.17. The van der Waals surface area contributed by atoms with Gasteiger partial charge in [0, 0.05) is 12.1 Å². The lowest BCUT2D eigenvalue weighted by atomic mass is 10.2. The number of carbonyl (C=O) groups excluding carboxylic acids is 1. The second-order valence-corrected chi connectivity index (χ2v) is 7.25. The molecule has 0 aromatic carbocycles. The molecule has 4 aromatic rings. The topological polar surface area (TPSA) is 77.0 Å². The molecule has 0 saturated heterocycles. The molecule has 26 heavy (non-hydrogen) atoms. The van der Waals surface area contributed by atoms with Gasteiger partial charge in [-0.1, -0.05) is 6.07 Å². The monoisotopic (exact) mass is 382 g/mol. The summed E-state index contributed by atoms with van der Waals surface area (Å²) in [4.78, 5) is 25.4. The Balaban J connectivity index is 1.33. The average molecular weight is 382 g/mol. The summed E-state index contributed by atoms with van der Waals surface area (Å²) < 4.78 is 6.73. The van der Waals surface area contributed by atoms with Crippen LogP contribution in [0.4, 0.5) is 5.69 Å². The van der Waals surface area contributed by atoms with E-state index in [4.69, 9.17) is 4.74 Å². The smallest absolute Gasteiger partial charge is 0.265 e. The van der Waals surface area contributed by atoms with E-state index in [1.54, 1.807) is 23.6 Å². The van der Waals surface area contributed by atoms with Gasteiger partial charge in [-0.25, -0.2) is 9.97 Å². The zero-order valence-corrected chi connectivity index (χ0v) is 15.2. The van der Waals surface area contributed by atoms with Gasteiger partial charge in [-0.2, -0.15) is 0 Å². The first-order valence-electron chi connectivity index (χ1n) is 7.90. The lowest BCUT2D eigenvalue weighted by Gasteiger charge is -2.07. The lowest BCUT2D eigenvalue weighted by molar-refractivity contribution is 0.103. The van der Waals surface area contributed by atoms with Crippen LogP contribution in [0.3, 0.4) is 0 Å². The summed E-state index contributed by atoms with van der Waals surface area (Å²) in [5.41, 5.74) is 2.45. The van der Waals surface area contributed by atoms with Crippen molar-refractivity contribution in [2.75, 3.05) is 11.9 Å². The minimum Gasteiger partial charge on any atom is -0.476 e. The van der Waals surface area contributed by atoms with E-state index in [0.29, 0.717) is 29.5 Å². The molecule has 0 aliphatic carbocycles. The average Bonchev–Trinajstić information content (AvgIpc) is 3.35. The summed E-state index contributed by atoms with van der Waals surface area (Å²) in [7, 11) is 0. The quantitative estimate of drug-likeness (QED) is 0.545. The molecule has 0 aliphatic heterocycles. The number of thiophene rings is 2. The van der Waals surface area contributed by atoms with Gasteiger partial charge in [0.15, 0.2) is 0 Å². The van der Waals surface area contributed by atoms with Crippen molar-refractivity contribution in [3.63, 3.8) is 0 Å². The zero-order chi connectivity index (χ0) is 17.8. The van der Waals surface area contributed by atoms with Gasteiger partial charge < -0.3 is 10.1 Å². The number of amides is 1. The van der Waals surface area contributed by atoms with Crippen LogP contribution in [0.5, 0.6) is 5.88 Å². The van der Waals surface area contributed by atoms with Crippen LogP contribution in [0.15, 0.2) is 53.6 Å². The van der Waals surface area contributed by atoms with Crippen LogP contribution in [0.1, 0.15) is 15.4 Å². The highest BCUT2D eigenvalue weighted by atomic mass is 32.1. The fourth-order valence-electron chi connectivity index (χ4n) is 2.37. The summed E-state index contributed by atoms with van der Waals surface area (Å²) in [5, 5.41) is 6.67. The molecule has 0 atom stereocenters. The first-order valence-corrected chi connectivity index (χ1v) is 9.66. The van der Waals surface area contributed by atoms with Crippen molar-refractivity contribution >= 4 is 44.5 Å². The minimum absolute atomic E-state index is 0.124. The number of carbonyl (C=O) groups is 1. The van der Waals surface area contributed by atoms with Crippen molar-refractivity contribution < 1.29 is 9.53 Å². The maximum Gasteiger partial charge on any atom is 0.265 e. The summed E-state index contributed by atoms with van der Waals surface area (Å²) in [5.74, 6) is 0.478. The fourth-order valence-corrected chi connectivity index (χ4v) is 3.77. The van der Waals surface area contributed by atoms with E-state index in [-0.39, 0.29) is 5.91 Å². The molecule has 0 fully saturated rings. The predicted molar refractivity (Wildman–Crippen MR) is 103 cm³/mol. The van der Waals surface area contributed by atoms with Gasteiger partial charge in [0.25, 0.3) is 5.91 Å². The second kappa shape index (κ2) is 7.59. The van der Waals surface area contributed by atoms with Gasteiger partial charge in [-0.15, -0.1) is 22.7 Å². The Labute approximate surface area is 157 Å². The van der Waals surface area contributed by atoms with Gasteiger partial charge in [0.1, 0.15) is 11.0 Å². The third-order valence-electron chi connectivity index (χ3n) is 3.64. The molecule has 4 rings (SSSR count). The normalized spacial score (nSPS) is 10.8. The van der Waals surface area contributed by atoms with Crippen LogP contribution in [-0.2, 0) is 6.42 Å². The molecule has 0 bridgehead atoms. The largest absolute Gasteiger partial charge is 0.476 e. The van der Waals surface area contributed by atoms with Crippen LogP contribution in [-0.4, -0.2) is 27.5 Å². The number of rotatable bonds is 6. The van der Waals surface area contributed by atoms with E-state index >= 15 is 0 Å². The van der Waals surface area contributed by atoms with E-state index < -0.39 is 0 Å². The number of nitrogens with one attached hydrogen (secondary N) is 1. The summed E-state index contributed by atoms with van der Waals surface area (Å²) in [6.07, 6.45) is 3.81. The van der Waals surface area contributed by atoms with Crippen molar-refractivity contribution in [2.45, 2.75) is 6.42 Å². The number of hydrogen-bond acceptors (Lipinski definition) is 7. The van der Waals surface area contributed by atoms with E-state index in [0.717, 1.165) is 15.9 Å². The van der Waals surface area contributed by atoms with Gasteiger partial charge >= 0.3 is 0 Å². The number of hydrogen-bond donors (Lipinski definition) is 1. The van der Waals surface area contributed by atoms with Crippen molar-refractivity contribution in [3.05, 3.63) is 64.2 Å². The van der Waals surface area contributed by atoms with Crippen LogP contribution in [0.25, 0.3) is 10.2 Å². The summed E-state index contributed by atoms with van der Waals surface area (Å²) in [6.45, 7) is 0.470. The molecular weight excluding hydrogens is 368 g/mol. The van der Waals surface area contributed by atoms with Crippen molar-refractivity contribution in [1.82, 2.24) is 15.0 Å². The Morgan fingerprint density at radius 2 is 2.04 bits per heavy atom. The number of aromatic nitrogens is 3. The van der Waals surface area contributed by atoms with Gasteiger partial charge in [0.2, 0.25) is 5.88 Å². The molecule has 8 heteroatoms. The van der Waals surface area contributed by atoms with E-state index in [2.05, 4.69) is 20.3 Å². The minimum atomic E-state index is -0.124. The molecule has 0 saturated carbocycles. The number of anilines is 1. The Kier molecular flexibility index (Phi) is 4.85.